The van der Waals surface area contributed by atoms with Crippen molar-refractivity contribution >= 4 is 11.9 Å². The lowest BCUT2D eigenvalue weighted by atomic mass is 9.98. The zero-order chi connectivity index (χ0) is 16.0. The van der Waals surface area contributed by atoms with Crippen molar-refractivity contribution in [2.24, 2.45) is 7.05 Å². The van der Waals surface area contributed by atoms with Crippen molar-refractivity contribution in [1.29, 1.82) is 0 Å². The third-order valence-corrected chi connectivity index (χ3v) is 3.76. The summed E-state index contributed by atoms with van der Waals surface area (Å²) < 4.78 is 1.79. The number of nitrogens with one attached hydrogen (secondary N) is 1. The van der Waals surface area contributed by atoms with Crippen LogP contribution in [0.3, 0.4) is 0 Å². The Hall–Kier alpha value is -1.85. The van der Waals surface area contributed by atoms with Crippen LogP contribution < -0.4 is 5.32 Å². The van der Waals surface area contributed by atoms with Gasteiger partial charge in [-0.1, -0.05) is 6.42 Å². The monoisotopic (exact) mass is 295 g/mol. The van der Waals surface area contributed by atoms with Crippen molar-refractivity contribution in [3.63, 3.8) is 0 Å². The Kier molecular flexibility index (Phi) is 6.39. The first-order valence-electron chi connectivity index (χ1n) is 7.34. The van der Waals surface area contributed by atoms with Crippen LogP contribution in [0.5, 0.6) is 0 Å². The summed E-state index contributed by atoms with van der Waals surface area (Å²) in [6, 6.07) is 0. The molecule has 1 rings (SSSR count). The van der Waals surface area contributed by atoms with E-state index in [1.54, 1.807) is 4.68 Å². The van der Waals surface area contributed by atoms with Crippen molar-refractivity contribution in [3.8, 4) is 0 Å². The maximum Gasteiger partial charge on any atom is 0.303 e. The topological polar surface area (TPSA) is 84.2 Å². The molecule has 0 fully saturated rings. The summed E-state index contributed by atoms with van der Waals surface area (Å²) in [6.07, 6.45) is 2.46. The number of aryl methyl sites for hydroxylation is 2. The summed E-state index contributed by atoms with van der Waals surface area (Å²) in [4.78, 5) is 22.5. The van der Waals surface area contributed by atoms with Gasteiger partial charge in [0.15, 0.2) is 0 Å². The van der Waals surface area contributed by atoms with Crippen LogP contribution in [0.15, 0.2) is 0 Å². The molecular formula is C15H25N3O3. The molecule has 0 radical (unpaired) electrons. The van der Waals surface area contributed by atoms with Gasteiger partial charge in [-0.05, 0) is 33.6 Å². The van der Waals surface area contributed by atoms with Crippen LogP contribution in [0.2, 0.25) is 0 Å². The predicted octanol–water partition coefficient (Wildman–Crippen LogP) is 1.90. The number of carboxylic acid groups (broad SMARTS) is 1. The van der Waals surface area contributed by atoms with Crippen LogP contribution in [-0.2, 0) is 16.6 Å². The summed E-state index contributed by atoms with van der Waals surface area (Å²) in [5, 5.41) is 15.8. The van der Waals surface area contributed by atoms with Crippen molar-refractivity contribution < 1.29 is 14.7 Å². The van der Waals surface area contributed by atoms with E-state index < -0.39 is 5.97 Å². The lowest BCUT2D eigenvalue weighted by Crippen LogP contribution is -2.29. The number of unbranched alkanes of at least 4 members (excludes halogenated alkanes) is 2. The third-order valence-electron chi connectivity index (χ3n) is 3.76. The minimum Gasteiger partial charge on any atom is -0.481 e. The van der Waals surface area contributed by atoms with Crippen molar-refractivity contribution in [1.82, 2.24) is 15.1 Å². The van der Waals surface area contributed by atoms with Gasteiger partial charge in [0.1, 0.15) is 0 Å². The van der Waals surface area contributed by atoms with Gasteiger partial charge in [0, 0.05) is 31.3 Å². The number of aliphatic carboxylic acids is 1. The molecule has 0 bridgehead atoms. The molecule has 1 aromatic heterocycles. The Balaban J connectivity index is 2.40. The summed E-state index contributed by atoms with van der Waals surface area (Å²) in [5.41, 5.74) is 2.89. The van der Waals surface area contributed by atoms with Crippen molar-refractivity contribution in [2.45, 2.75) is 52.4 Å². The molecule has 0 saturated carbocycles. The highest BCUT2D eigenvalue weighted by molar-refractivity contribution is 5.83. The second kappa shape index (κ2) is 7.81. The number of carbonyl (C=O) groups is 2. The van der Waals surface area contributed by atoms with Gasteiger partial charge < -0.3 is 10.4 Å². The Morgan fingerprint density at radius 2 is 1.95 bits per heavy atom. The molecule has 21 heavy (non-hydrogen) atoms. The lowest BCUT2D eigenvalue weighted by molar-refractivity contribution is -0.137. The molecule has 0 aromatic carbocycles. The van der Waals surface area contributed by atoms with Crippen LogP contribution in [0, 0.1) is 13.8 Å². The van der Waals surface area contributed by atoms with E-state index in [1.807, 2.05) is 27.8 Å². The highest BCUT2D eigenvalue weighted by atomic mass is 16.4. The summed E-state index contributed by atoms with van der Waals surface area (Å²) in [7, 11) is 1.87. The maximum absolute atomic E-state index is 12.2. The van der Waals surface area contributed by atoms with Crippen LogP contribution in [0.4, 0.5) is 0 Å². The first-order valence-corrected chi connectivity index (χ1v) is 7.34. The number of amides is 1. The molecule has 0 saturated heterocycles. The van der Waals surface area contributed by atoms with Gasteiger partial charge in [0.25, 0.3) is 0 Å². The molecule has 1 heterocycles. The van der Waals surface area contributed by atoms with Crippen molar-refractivity contribution in [2.75, 3.05) is 6.54 Å². The number of carbonyl (C=O) groups excluding carboxylic acids is 1. The van der Waals surface area contributed by atoms with Gasteiger partial charge >= 0.3 is 5.97 Å². The number of hydrogen-bond donors (Lipinski definition) is 2. The average Bonchev–Trinajstić information content (AvgIpc) is 2.66. The minimum atomic E-state index is -0.768. The Bertz CT molecular complexity index is 509. The van der Waals surface area contributed by atoms with E-state index in [0.29, 0.717) is 13.0 Å². The van der Waals surface area contributed by atoms with Gasteiger partial charge in [0.2, 0.25) is 5.91 Å². The second-order valence-electron chi connectivity index (χ2n) is 5.43. The summed E-state index contributed by atoms with van der Waals surface area (Å²) >= 11 is 0. The number of aromatic nitrogens is 2. The first-order chi connectivity index (χ1) is 9.84. The number of hydrogen-bond acceptors (Lipinski definition) is 3. The van der Waals surface area contributed by atoms with Gasteiger partial charge in [0.05, 0.1) is 11.6 Å². The molecular weight excluding hydrogens is 270 g/mol. The molecule has 0 spiro atoms. The van der Waals surface area contributed by atoms with Crippen molar-refractivity contribution in [3.05, 3.63) is 17.0 Å². The molecule has 0 aliphatic carbocycles. The lowest BCUT2D eigenvalue weighted by Gasteiger charge is -2.13. The van der Waals surface area contributed by atoms with E-state index in [1.165, 1.54) is 0 Å². The number of nitrogens with zero attached hydrogens (tertiary/aromatic N) is 2. The molecule has 0 aliphatic heterocycles. The minimum absolute atomic E-state index is 0.00701. The fourth-order valence-electron chi connectivity index (χ4n) is 2.49. The molecule has 6 nitrogen and oxygen atoms in total. The predicted molar refractivity (Wildman–Crippen MR) is 80.2 cm³/mol. The van der Waals surface area contributed by atoms with E-state index >= 15 is 0 Å². The Morgan fingerprint density at radius 3 is 2.48 bits per heavy atom. The van der Waals surface area contributed by atoms with Crippen LogP contribution in [0.1, 0.15) is 55.5 Å². The quantitative estimate of drug-likeness (QED) is 0.717. The fourth-order valence-corrected chi connectivity index (χ4v) is 2.49. The zero-order valence-corrected chi connectivity index (χ0v) is 13.3. The third kappa shape index (κ3) is 4.88. The summed E-state index contributed by atoms with van der Waals surface area (Å²) in [5.74, 6) is -1.000. The molecule has 0 aliphatic rings. The smallest absolute Gasteiger partial charge is 0.303 e. The normalized spacial score (nSPS) is 12.2. The standard InChI is InChI=1S/C15H25N3O3/c1-10(14-11(2)17-18(4)12(14)3)15(21)16-9-7-5-6-8-13(19)20/h10H,5-9H2,1-4H3,(H,16,21)(H,19,20). The highest BCUT2D eigenvalue weighted by Crippen LogP contribution is 2.22. The Labute approximate surface area is 125 Å². The molecule has 1 unspecified atom stereocenters. The van der Waals surface area contributed by atoms with E-state index in [9.17, 15) is 9.59 Å². The largest absolute Gasteiger partial charge is 0.481 e. The van der Waals surface area contributed by atoms with Gasteiger partial charge in [-0.15, -0.1) is 0 Å². The van der Waals surface area contributed by atoms with Crippen LogP contribution in [-0.4, -0.2) is 33.3 Å². The van der Waals surface area contributed by atoms with Gasteiger partial charge in [-0.2, -0.15) is 5.10 Å². The molecule has 1 atom stereocenters. The van der Waals surface area contributed by atoms with Gasteiger partial charge in [-0.25, -0.2) is 0 Å². The average molecular weight is 295 g/mol. The molecule has 1 amide bonds. The van der Waals surface area contributed by atoms with E-state index in [-0.39, 0.29) is 18.2 Å². The first kappa shape index (κ1) is 17.2. The van der Waals surface area contributed by atoms with Crippen LogP contribution in [0.25, 0.3) is 0 Å². The number of carboxylic acids is 1. The fraction of sp³-hybridized carbons (Fsp3) is 0.667. The van der Waals surface area contributed by atoms with E-state index in [2.05, 4.69) is 10.4 Å². The zero-order valence-electron chi connectivity index (χ0n) is 13.3. The molecule has 2 N–H and O–H groups in total. The second-order valence-corrected chi connectivity index (χ2v) is 5.43. The Morgan fingerprint density at radius 1 is 1.29 bits per heavy atom. The SMILES string of the molecule is Cc1nn(C)c(C)c1C(C)C(=O)NCCCCCC(=O)O. The van der Waals surface area contributed by atoms with E-state index in [0.717, 1.165) is 29.8 Å². The molecule has 1 aromatic rings. The van der Waals surface area contributed by atoms with Crippen LogP contribution >= 0.6 is 0 Å². The summed E-state index contributed by atoms with van der Waals surface area (Å²) in [6.45, 7) is 6.35. The maximum atomic E-state index is 12.2. The number of rotatable bonds is 8. The van der Waals surface area contributed by atoms with Gasteiger partial charge in [-0.3, -0.25) is 14.3 Å². The molecule has 6 heteroatoms. The van der Waals surface area contributed by atoms with E-state index in [4.69, 9.17) is 5.11 Å². The molecule has 118 valence electrons. The highest BCUT2D eigenvalue weighted by Gasteiger charge is 2.22.